The smallest absolute Gasteiger partial charge is 0.269 e. The number of hydrogen-bond acceptors (Lipinski definition) is 6. The van der Waals surface area contributed by atoms with Gasteiger partial charge in [0.05, 0.1) is 10.5 Å². The normalized spacial score (nSPS) is 18.8. The maximum absolute atomic E-state index is 14.1. The van der Waals surface area contributed by atoms with Gasteiger partial charge in [-0.25, -0.2) is 12.7 Å². The third-order valence-corrected chi connectivity index (χ3v) is 9.45. The predicted molar refractivity (Wildman–Crippen MR) is 147 cm³/mol. The molecule has 11 heteroatoms. The van der Waals surface area contributed by atoms with Crippen LogP contribution in [0.4, 0.5) is 0 Å². The SMILES string of the molecule is C[C@@H](C(=O)N1CCCCC1)N1CC[C@H](N(C(=O)c2cccnc2)S(=O)(=O)c2ccc3cc(Cl)ccc3c2)C1=O. The van der Waals surface area contributed by atoms with Crippen LogP contribution < -0.4 is 0 Å². The standard InChI is InChI=1S/C28H29ClN4O5S/c1-19(26(34)31-13-3-2-4-14-31)32-15-11-25(28(32)36)33(27(35)22-6-5-12-30-18-22)39(37,38)24-10-8-20-16-23(29)9-7-21(20)17-24/h5-10,12,16-19,25H,2-4,11,13-15H2,1H3/t19-,25-/m0/s1. The Hall–Kier alpha value is -3.50. The Labute approximate surface area is 232 Å². The number of aromatic nitrogens is 1. The minimum Gasteiger partial charge on any atom is -0.341 e. The highest BCUT2D eigenvalue weighted by atomic mass is 35.5. The molecule has 2 atom stereocenters. The van der Waals surface area contributed by atoms with Crippen LogP contribution in [0.2, 0.25) is 5.02 Å². The van der Waals surface area contributed by atoms with Crippen molar-refractivity contribution in [3.63, 3.8) is 0 Å². The van der Waals surface area contributed by atoms with E-state index < -0.39 is 33.9 Å². The fourth-order valence-electron chi connectivity index (χ4n) is 5.30. The van der Waals surface area contributed by atoms with Gasteiger partial charge in [0.25, 0.3) is 15.9 Å². The molecule has 0 N–H and O–H groups in total. The predicted octanol–water partition coefficient (Wildman–Crippen LogP) is 3.72. The molecule has 2 aliphatic rings. The molecule has 0 saturated carbocycles. The zero-order valence-electron chi connectivity index (χ0n) is 21.5. The van der Waals surface area contributed by atoms with Gasteiger partial charge < -0.3 is 9.80 Å². The number of sulfonamides is 1. The minimum atomic E-state index is -4.48. The second-order valence-electron chi connectivity index (χ2n) is 9.90. The largest absolute Gasteiger partial charge is 0.341 e. The molecule has 2 aliphatic heterocycles. The summed E-state index contributed by atoms with van der Waals surface area (Å²) in [5, 5.41) is 1.87. The van der Waals surface area contributed by atoms with E-state index in [1.54, 1.807) is 36.1 Å². The Morgan fingerprint density at radius 3 is 2.46 bits per heavy atom. The summed E-state index contributed by atoms with van der Waals surface area (Å²) in [5.74, 6) is -1.58. The number of amides is 3. The van der Waals surface area contributed by atoms with E-state index in [9.17, 15) is 22.8 Å². The summed E-state index contributed by atoms with van der Waals surface area (Å²) in [5.41, 5.74) is 0.0392. The van der Waals surface area contributed by atoms with Gasteiger partial charge in [-0.2, -0.15) is 0 Å². The molecule has 2 saturated heterocycles. The lowest BCUT2D eigenvalue weighted by Crippen LogP contribution is -2.53. The molecule has 0 spiro atoms. The Kier molecular flexibility index (Phi) is 7.59. The number of halogens is 1. The van der Waals surface area contributed by atoms with Crippen LogP contribution in [0.25, 0.3) is 10.8 Å². The van der Waals surface area contributed by atoms with Gasteiger partial charge in [-0.1, -0.05) is 23.7 Å². The first-order valence-electron chi connectivity index (χ1n) is 13.0. The van der Waals surface area contributed by atoms with Crippen LogP contribution in [0.3, 0.4) is 0 Å². The summed E-state index contributed by atoms with van der Waals surface area (Å²) in [6.45, 7) is 3.10. The van der Waals surface area contributed by atoms with Crippen molar-refractivity contribution >= 4 is 50.1 Å². The number of pyridine rings is 1. The van der Waals surface area contributed by atoms with Gasteiger partial charge in [0.2, 0.25) is 11.8 Å². The van der Waals surface area contributed by atoms with E-state index >= 15 is 0 Å². The summed E-state index contributed by atoms with van der Waals surface area (Å²) in [6.07, 6.45) is 5.71. The van der Waals surface area contributed by atoms with E-state index in [1.165, 1.54) is 41.6 Å². The number of fused-ring (bicyclic) bond motifs is 1. The quantitative estimate of drug-likeness (QED) is 0.448. The maximum Gasteiger partial charge on any atom is 0.269 e. The number of likely N-dealkylation sites (tertiary alicyclic amines) is 2. The van der Waals surface area contributed by atoms with E-state index in [0.717, 1.165) is 24.6 Å². The summed E-state index contributed by atoms with van der Waals surface area (Å²) in [7, 11) is -4.48. The fraction of sp³-hybridized carbons (Fsp3) is 0.357. The highest BCUT2D eigenvalue weighted by Crippen LogP contribution is 2.30. The Balaban J connectivity index is 1.50. The van der Waals surface area contributed by atoms with Crippen molar-refractivity contribution in [3.8, 4) is 0 Å². The van der Waals surface area contributed by atoms with Gasteiger partial charge in [0, 0.05) is 37.1 Å². The molecule has 9 nitrogen and oxygen atoms in total. The van der Waals surface area contributed by atoms with Crippen molar-refractivity contribution in [2.45, 2.75) is 49.6 Å². The summed E-state index contributed by atoms with van der Waals surface area (Å²) < 4.78 is 28.8. The highest BCUT2D eigenvalue weighted by Gasteiger charge is 2.47. The molecule has 2 fully saturated rings. The second-order valence-corrected chi connectivity index (χ2v) is 12.2. The molecule has 3 aromatic rings. The number of nitrogens with zero attached hydrogens (tertiary/aromatic N) is 4. The average molecular weight is 569 g/mol. The van der Waals surface area contributed by atoms with Gasteiger partial charge in [-0.05, 0) is 79.8 Å². The van der Waals surface area contributed by atoms with Crippen molar-refractivity contribution < 1.29 is 22.8 Å². The fourth-order valence-corrected chi connectivity index (χ4v) is 7.08. The van der Waals surface area contributed by atoms with Gasteiger partial charge >= 0.3 is 0 Å². The molecule has 0 unspecified atom stereocenters. The monoisotopic (exact) mass is 568 g/mol. The molecule has 0 bridgehead atoms. The van der Waals surface area contributed by atoms with Crippen molar-refractivity contribution in [1.29, 1.82) is 0 Å². The van der Waals surface area contributed by atoms with Crippen LogP contribution in [0.1, 0.15) is 43.0 Å². The van der Waals surface area contributed by atoms with Crippen LogP contribution in [-0.2, 0) is 19.6 Å². The Morgan fingerprint density at radius 2 is 1.74 bits per heavy atom. The van der Waals surface area contributed by atoms with E-state index in [4.69, 9.17) is 11.6 Å². The van der Waals surface area contributed by atoms with Crippen LogP contribution in [0, 0.1) is 0 Å². The molecular formula is C28H29ClN4O5S. The van der Waals surface area contributed by atoms with E-state index in [0.29, 0.717) is 27.8 Å². The van der Waals surface area contributed by atoms with Crippen LogP contribution in [-0.4, -0.2) is 76.9 Å². The lowest BCUT2D eigenvalue weighted by atomic mass is 10.1. The summed E-state index contributed by atoms with van der Waals surface area (Å²) in [4.78, 5) is 47.5. The number of benzene rings is 2. The summed E-state index contributed by atoms with van der Waals surface area (Å²) in [6, 6.07) is 10.5. The molecule has 2 aromatic carbocycles. The third-order valence-electron chi connectivity index (χ3n) is 7.43. The maximum atomic E-state index is 14.1. The van der Waals surface area contributed by atoms with Crippen molar-refractivity contribution in [3.05, 3.63) is 71.5 Å². The second kappa shape index (κ2) is 10.9. The first-order chi connectivity index (χ1) is 18.7. The Bertz CT molecular complexity index is 1530. The molecular weight excluding hydrogens is 540 g/mol. The molecule has 3 heterocycles. The number of rotatable bonds is 6. The zero-order chi connectivity index (χ0) is 27.7. The lowest BCUT2D eigenvalue weighted by molar-refractivity contribution is -0.144. The van der Waals surface area contributed by atoms with Gasteiger partial charge in [0.15, 0.2) is 0 Å². The van der Waals surface area contributed by atoms with E-state index in [-0.39, 0.29) is 29.3 Å². The van der Waals surface area contributed by atoms with Gasteiger partial charge in [0.1, 0.15) is 12.1 Å². The van der Waals surface area contributed by atoms with Gasteiger partial charge in [-0.3, -0.25) is 19.4 Å². The molecule has 204 valence electrons. The van der Waals surface area contributed by atoms with E-state index in [2.05, 4.69) is 4.98 Å². The molecule has 1 aromatic heterocycles. The number of hydrogen-bond donors (Lipinski definition) is 0. The molecule has 0 aliphatic carbocycles. The lowest BCUT2D eigenvalue weighted by Gasteiger charge is -2.33. The van der Waals surface area contributed by atoms with Crippen LogP contribution in [0.5, 0.6) is 0 Å². The number of carbonyl (C=O) groups excluding carboxylic acids is 3. The molecule has 3 amide bonds. The number of piperidine rings is 1. The van der Waals surface area contributed by atoms with Gasteiger partial charge in [-0.15, -0.1) is 0 Å². The third kappa shape index (κ3) is 5.23. The van der Waals surface area contributed by atoms with E-state index in [1.807, 2.05) is 0 Å². The topological polar surface area (TPSA) is 108 Å². The molecule has 5 rings (SSSR count). The Morgan fingerprint density at radius 1 is 1.03 bits per heavy atom. The first-order valence-corrected chi connectivity index (χ1v) is 14.8. The van der Waals surface area contributed by atoms with Crippen molar-refractivity contribution in [1.82, 2.24) is 19.1 Å². The van der Waals surface area contributed by atoms with Crippen LogP contribution >= 0.6 is 11.6 Å². The van der Waals surface area contributed by atoms with Crippen LogP contribution in [0.15, 0.2) is 65.8 Å². The van der Waals surface area contributed by atoms with Crippen molar-refractivity contribution in [2.75, 3.05) is 19.6 Å². The minimum absolute atomic E-state index is 0.0392. The summed E-state index contributed by atoms with van der Waals surface area (Å²) >= 11 is 6.08. The molecule has 0 radical (unpaired) electrons. The first kappa shape index (κ1) is 27.1. The zero-order valence-corrected chi connectivity index (χ0v) is 23.1. The highest BCUT2D eigenvalue weighted by molar-refractivity contribution is 7.89. The van der Waals surface area contributed by atoms with Crippen molar-refractivity contribution in [2.24, 2.45) is 0 Å². The average Bonchev–Trinajstić information content (AvgIpc) is 3.33. The number of carbonyl (C=O) groups is 3. The molecule has 39 heavy (non-hydrogen) atoms.